The molecule has 29 heavy (non-hydrogen) atoms. The van der Waals surface area contributed by atoms with Crippen LogP contribution in [0.1, 0.15) is 17.7 Å². The predicted molar refractivity (Wildman–Crippen MR) is 107 cm³/mol. The summed E-state index contributed by atoms with van der Waals surface area (Å²) < 4.78 is 22.3. The number of morpholine rings is 1. The summed E-state index contributed by atoms with van der Waals surface area (Å²) in [6.07, 6.45) is 1.70. The van der Waals surface area contributed by atoms with Crippen molar-refractivity contribution >= 4 is 16.9 Å². The minimum absolute atomic E-state index is 0.00512. The molecular formula is C21H23FN4O3. The Morgan fingerprint density at radius 3 is 2.72 bits per heavy atom. The van der Waals surface area contributed by atoms with Crippen LogP contribution in [0.25, 0.3) is 16.7 Å². The normalized spacial score (nSPS) is 14.5. The number of rotatable bonds is 4. The lowest BCUT2D eigenvalue weighted by Crippen LogP contribution is -2.41. The SMILES string of the molecule is Cc1c(C)n(-c2cccc(F)c2)c2ncn(CCC(=O)N3CCOCC3)c(=O)c12. The van der Waals surface area contributed by atoms with Gasteiger partial charge in [-0.2, -0.15) is 0 Å². The van der Waals surface area contributed by atoms with Crippen LogP contribution in [-0.4, -0.2) is 51.2 Å². The molecule has 2 aromatic heterocycles. The van der Waals surface area contributed by atoms with E-state index in [0.29, 0.717) is 43.0 Å². The molecular weight excluding hydrogens is 375 g/mol. The van der Waals surface area contributed by atoms with E-state index in [1.165, 1.54) is 23.0 Å². The highest BCUT2D eigenvalue weighted by molar-refractivity contribution is 5.83. The first-order chi connectivity index (χ1) is 14.0. The number of fused-ring (bicyclic) bond motifs is 1. The van der Waals surface area contributed by atoms with E-state index in [1.54, 1.807) is 21.6 Å². The summed E-state index contributed by atoms with van der Waals surface area (Å²) in [6, 6.07) is 6.20. The van der Waals surface area contributed by atoms with Gasteiger partial charge >= 0.3 is 0 Å². The first-order valence-corrected chi connectivity index (χ1v) is 9.66. The van der Waals surface area contributed by atoms with Gasteiger partial charge in [0.2, 0.25) is 5.91 Å². The van der Waals surface area contributed by atoms with E-state index in [0.717, 1.165) is 11.3 Å². The van der Waals surface area contributed by atoms with Gasteiger partial charge in [-0.25, -0.2) is 9.37 Å². The first-order valence-electron chi connectivity index (χ1n) is 9.66. The van der Waals surface area contributed by atoms with Gasteiger partial charge < -0.3 is 9.64 Å². The Bertz CT molecular complexity index is 1130. The van der Waals surface area contributed by atoms with Crippen LogP contribution in [0.5, 0.6) is 0 Å². The molecule has 1 amide bonds. The fraction of sp³-hybridized carbons (Fsp3) is 0.381. The van der Waals surface area contributed by atoms with Crippen LogP contribution in [0.4, 0.5) is 4.39 Å². The van der Waals surface area contributed by atoms with E-state index < -0.39 is 0 Å². The van der Waals surface area contributed by atoms with Crippen LogP contribution < -0.4 is 5.56 Å². The number of hydrogen-bond donors (Lipinski definition) is 0. The molecule has 0 bridgehead atoms. The van der Waals surface area contributed by atoms with Gasteiger partial charge in [0.1, 0.15) is 5.82 Å². The molecule has 0 N–H and O–H groups in total. The molecule has 152 valence electrons. The molecule has 1 fully saturated rings. The zero-order chi connectivity index (χ0) is 20.5. The summed E-state index contributed by atoms with van der Waals surface area (Å²) in [4.78, 5) is 31.7. The summed E-state index contributed by atoms with van der Waals surface area (Å²) in [5.41, 5.74) is 2.55. The highest BCUT2D eigenvalue weighted by Gasteiger charge is 2.20. The van der Waals surface area contributed by atoms with Crippen molar-refractivity contribution in [3.8, 4) is 5.69 Å². The third kappa shape index (κ3) is 3.55. The van der Waals surface area contributed by atoms with Crippen molar-refractivity contribution in [2.75, 3.05) is 26.3 Å². The third-order valence-corrected chi connectivity index (χ3v) is 5.48. The Morgan fingerprint density at radius 1 is 1.24 bits per heavy atom. The van der Waals surface area contributed by atoms with Crippen LogP contribution in [0.2, 0.25) is 0 Å². The van der Waals surface area contributed by atoms with E-state index in [1.807, 2.05) is 13.8 Å². The van der Waals surface area contributed by atoms with Gasteiger partial charge in [-0.15, -0.1) is 0 Å². The van der Waals surface area contributed by atoms with Crippen LogP contribution in [0.3, 0.4) is 0 Å². The van der Waals surface area contributed by atoms with Gasteiger partial charge in [0.15, 0.2) is 5.65 Å². The Morgan fingerprint density at radius 2 is 2.00 bits per heavy atom. The van der Waals surface area contributed by atoms with Crippen LogP contribution >= 0.6 is 0 Å². The fourth-order valence-corrected chi connectivity index (χ4v) is 3.76. The monoisotopic (exact) mass is 398 g/mol. The van der Waals surface area contributed by atoms with Crippen molar-refractivity contribution in [2.24, 2.45) is 0 Å². The summed E-state index contributed by atoms with van der Waals surface area (Å²) in [5, 5.41) is 0.494. The third-order valence-electron chi connectivity index (χ3n) is 5.48. The van der Waals surface area contributed by atoms with Crippen LogP contribution in [0, 0.1) is 19.7 Å². The molecule has 1 aliphatic heterocycles. The highest BCUT2D eigenvalue weighted by atomic mass is 19.1. The molecule has 0 spiro atoms. The smallest absolute Gasteiger partial charge is 0.263 e. The number of ether oxygens (including phenoxy) is 1. The quantitative estimate of drug-likeness (QED) is 0.676. The van der Waals surface area contributed by atoms with Crippen molar-refractivity contribution in [1.29, 1.82) is 0 Å². The number of carbonyl (C=O) groups is 1. The van der Waals surface area contributed by atoms with Gasteiger partial charge in [-0.3, -0.25) is 18.7 Å². The molecule has 3 heterocycles. The maximum absolute atomic E-state index is 13.7. The second-order valence-electron chi connectivity index (χ2n) is 7.21. The van der Waals surface area contributed by atoms with E-state index in [9.17, 15) is 14.0 Å². The van der Waals surface area contributed by atoms with Crippen LogP contribution in [0.15, 0.2) is 35.4 Å². The number of aromatic nitrogens is 3. The number of amides is 1. The van der Waals surface area contributed by atoms with Gasteiger partial charge in [0, 0.05) is 31.7 Å². The number of hydrogen-bond acceptors (Lipinski definition) is 4. The van der Waals surface area contributed by atoms with Gasteiger partial charge in [-0.05, 0) is 37.6 Å². The van der Waals surface area contributed by atoms with Crippen molar-refractivity contribution in [2.45, 2.75) is 26.8 Å². The maximum atomic E-state index is 13.7. The number of carbonyl (C=O) groups excluding carboxylic acids is 1. The molecule has 7 nitrogen and oxygen atoms in total. The van der Waals surface area contributed by atoms with Gasteiger partial charge in [0.25, 0.3) is 5.56 Å². The lowest BCUT2D eigenvalue weighted by Gasteiger charge is -2.26. The van der Waals surface area contributed by atoms with E-state index >= 15 is 0 Å². The molecule has 0 saturated carbocycles. The average Bonchev–Trinajstić information content (AvgIpc) is 2.99. The topological polar surface area (TPSA) is 69.4 Å². The largest absolute Gasteiger partial charge is 0.378 e. The van der Waals surface area contributed by atoms with Crippen molar-refractivity contribution in [3.05, 3.63) is 58.0 Å². The number of nitrogens with zero attached hydrogens (tertiary/aromatic N) is 4. The summed E-state index contributed by atoms with van der Waals surface area (Å²) in [7, 11) is 0. The fourth-order valence-electron chi connectivity index (χ4n) is 3.76. The van der Waals surface area contributed by atoms with E-state index in [2.05, 4.69) is 4.98 Å². The minimum atomic E-state index is -0.351. The molecule has 8 heteroatoms. The van der Waals surface area contributed by atoms with Crippen LogP contribution in [-0.2, 0) is 16.1 Å². The molecule has 0 unspecified atom stereocenters. The molecule has 3 aromatic rings. The summed E-state index contributed by atoms with van der Waals surface area (Å²) >= 11 is 0. The van der Waals surface area contributed by atoms with Crippen molar-refractivity contribution in [1.82, 2.24) is 19.0 Å². The van der Waals surface area contributed by atoms with E-state index in [-0.39, 0.29) is 30.2 Å². The molecule has 4 rings (SSSR count). The van der Waals surface area contributed by atoms with Crippen molar-refractivity contribution in [3.63, 3.8) is 0 Å². The number of halogens is 1. The Labute approximate surface area is 167 Å². The second-order valence-corrected chi connectivity index (χ2v) is 7.21. The molecule has 1 aromatic carbocycles. The minimum Gasteiger partial charge on any atom is -0.378 e. The van der Waals surface area contributed by atoms with Gasteiger partial charge in [-0.1, -0.05) is 6.07 Å². The molecule has 1 saturated heterocycles. The summed E-state index contributed by atoms with van der Waals surface area (Å²) in [6.45, 7) is 6.27. The maximum Gasteiger partial charge on any atom is 0.263 e. The predicted octanol–water partition coefficient (Wildman–Crippen LogP) is 2.19. The number of benzene rings is 1. The zero-order valence-corrected chi connectivity index (χ0v) is 16.5. The Hall–Kier alpha value is -3.00. The lowest BCUT2D eigenvalue weighted by molar-refractivity contribution is -0.135. The lowest BCUT2D eigenvalue weighted by atomic mass is 10.2. The Balaban J connectivity index is 1.67. The van der Waals surface area contributed by atoms with Crippen molar-refractivity contribution < 1.29 is 13.9 Å². The molecule has 1 aliphatic rings. The molecule has 0 atom stereocenters. The second kappa shape index (κ2) is 7.79. The van der Waals surface area contributed by atoms with Gasteiger partial charge in [0.05, 0.1) is 30.6 Å². The molecule has 0 aliphatic carbocycles. The first kappa shape index (κ1) is 19.3. The average molecular weight is 398 g/mol. The molecule has 0 radical (unpaired) electrons. The highest BCUT2D eigenvalue weighted by Crippen LogP contribution is 2.25. The Kier molecular flexibility index (Phi) is 5.19. The summed E-state index contributed by atoms with van der Waals surface area (Å²) in [5.74, 6) is -0.345. The standard InChI is InChI=1S/C21H23FN4O3/c1-14-15(2)26(17-5-3-4-16(22)12-17)20-19(14)21(28)25(13-23-20)7-6-18(27)24-8-10-29-11-9-24/h3-5,12-13H,6-11H2,1-2H3. The van der Waals surface area contributed by atoms with E-state index in [4.69, 9.17) is 4.74 Å². The number of aryl methyl sites for hydroxylation is 2. The zero-order valence-electron chi connectivity index (χ0n) is 16.5.